The van der Waals surface area contributed by atoms with Gasteiger partial charge in [-0.25, -0.2) is 0 Å². The van der Waals surface area contributed by atoms with Gasteiger partial charge in [0.25, 0.3) is 0 Å². The molecule has 0 bridgehead atoms. The fourth-order valence-corrected chi connectivity index (χ4v) is 3.99. The normalized spacial score (nSPS) is 11.8. The molecule has 0 spiro atoms. The number of carbonyl (C=O) groups is 1. The van der Waals surface area contributed by atoms with Gasteiger partial charge >= 0.3 is 0 Å². The van der Waals surface area contributed by atoms with Crippen LogP contribution in [0.2, 0.25) is 0 Å². The molecule has 0 aliphatic rings. The van der Waals surface area contributed by atoms with E-state index in [9.17, 15) is 4.79 Å². The van der Waals surface area contributed by atoms with E-state index in [-0.39, 0.29) is 11.2 Å². The first kappa shape index (κ1) is 24.3. The summed E-state index contributed by atoms with van der Waals surface area (Å²) in [6.45, 7) is 9.25. The Morgan fingerprint density at radius 1 is 1.12 bits per heavy atom. The van der Waals surface area contributed by atoms with Crippen molar-refractivity contribution in [2.24, 2.45) is 5.92 Å². The molecule has 1 N–H and O–H groups in total. The summed E-state index contributed by atoms with van der Waals surface area (Å²) in [5, 5.41) is 20.8. The van der Waals surface area contributed by atoms with Gasteiger partial charge in [-0.1, -0.05) is 44.7 Å². The number of hydrogen-bond acceptors (Lipinski definition) is 6. The van der Waals surface area contributed by atoms with Crippen molar-refractivity contribution in [3.05, 3.63) is 65.5 Å². The molecule has 0 saturated carbocycles. The first-order chi connectivity index (χ1) is 15.9. The standard InChI is InChI=1S/C25H29N5O2S/c1-5-19-8-12-22(13-9-19)32-16-23-28-29-25(30(23)15-17(2)3)33-18(4)24(31)27-21-10-6-20(14-26)7-11-21/h6-13,17-18H,5,15-16H2,1-4H3,(H,27,31). The number of benzene rings is 2. The van der Waals surface area contributed by atoms with Crippen molar-refractivity contribution in [3.8, 4) is 11.8 Å². The van der Waals surface area contributed by atoms with Crippen molar-refractivity contribution < 1.29 is 9.53 Å². The highest BCUT2D eigenvalue weighted by Gasteiger charge is 2.21. The Bertz CT molecular complexity index is 1100. The molecular weight excluding hydrogens is 434 g/mol. The van der Waals surface area contributed by atoms with Crippen LogP contribution in [0.5, 0.6) is 5.75 Å². The van der Waals surface area contributed by atoms with E-state index in [1.165, 1.54) is 17.3 Å². The molecule has 0 aliphatic heterocycles. The number of anilines is 1. The van der Waals surface area contributed by atoms with Gasteiger partial charge in [-0.3, -0.25) is 4.79 Å². The molecule has 0 aliphatic carbocycles. The van der Waals surface area contributed by atoms with Crippen molar-refractivity contribution >= 4 is 23.4 Å². The minimum Gasteiger partial charge on any atom is -0.486 e. The average molecular weight is 464 g/mol. The molecule has 0 radical (unpaired) electrons. The highest BCUT2D eigenvalue weighted by Crippen LogP contribution is 2.25. The van der Waals surface area contributed by atoms with Crippen LogP contribution in [-0.4, -0.2) is 25.9 Å². The Balaban J connectivity index is 1.67. The highest BCUT2D eigenvalue weighted by molar-refractivity contribution is 8.00. The zero-order valence-corrected chi connectivity index (χ0v) is 20.2. The van der Waals surface area contributed by atoms with Crippen LogP contribution in [0, 0.1) is 17.2 Å². The Morgan fingerprint density at radius 2 is 1.82 bits per heavy atom. The Labute approximate surface area is 199 Å². The van der Waals surface area contributed by atoms with E-state index in [4.69, 9.17) is 10.00 Å². The number of ether oxygens (including phenoxy) is 1. The summed E-state index contributed by atoms with van der Waals surface area (Å²) >= 11 is 1.36. The minimum absolute atomic E-state index is 0.141. The van der Waals surface area contributed by atoms with Gasteiger partial charge in [0.05, 0.1) is 16.9 Å². The summed E-state index contributed by atoms with van der Waals surface area (Å²) in [7, 11) is 0. The third-order valence-electron chi connectivity index (χ3n) is 4.97. The first-order valence-electron chi connectivity index (χ1n) is 11.0. The Morgan fingerprint density at radius 3 is 2.42 bits per heavy atom. The molecule has 2 aromatic carbocycles. The number of thioether (sulfide) groups is 1. The number of carbonyl (C=O) groups excluding carboxylic acids is 1. The number of aromatic nitrogens is 3. The minimum atomic E-state index is -0.383. The highest BCUT2D eigenvalue weighted by atomic mass is 32.2. The van der Waals surface area contributed by atoms with Gasteiger partial charge in [0.1, 0.15) is 12.4 Å². The maximum Gasteiger partial charge on any atom is 0.237 e. The summed E-state index contributed by atoms with van der Waals surface area (Å²) in [6.07, 6.45) is 0.987. The fourth-order valence-electron chi connectivity index (χ4n) is 3.11. The van der Waals surface area contributed by atoms with E-state index < -0.39 is 0 Å². The van der Waals surface area contributed by atoms with E-state index in [0.29, 0.717) is 28.9 Å². The number of nitrogens with zero attached hydrogens (tertiary/aromatic N) is 4. The number of nitriles is 1. The van der Waals surface area contributed by atoms with E-state index in [1.807, 2.05) is 23.6 Å². The molecule has 1 unspecified atom stereocenters. The predicted molar refractivity (Wildman–Crippen MR) is 130 cm³/mol. The monoisotopic (exact) mass is 463 g/mol. The van der Waals surface area contributed by atoms with E-state index in [1.54, 1.807) is 24.3 Å². The van der Waals surface area contributed by atoms with Gasteiger partial charge in [-0.15, -0.1) is 10.2 Å². The first-order valence-corrected chi connectivity index (χ1v) is 11.9. The third kappa shape index (κ3) is 6.83. The van der Waals surface area contributed by atoms with E-state index in [0.717, 1.165) is 24.5 Å². The van der Waals surface area contributed by atoms with Crippen LogP contribution in [-0.2, 0) is 24.4 Å². The van der Waals surface area contributed by atoms with Gasteiger partial charge in [0.15, 0.2) is 11.0 Å². The molecule has 172 valence electrons. The lowest BCUT2D eigenvalue weighted by Crippen LogP contribution is -2.23. The van der Waals surface area contributed by atoms with Gasteiger partial charge in [0, 0.05) is 12.2 Å². The smallest absolute Gasteiger partial charge is 0.237 e. The van der Waals surface area contributed by atoms with Crippen molar-refractivity contribution in [3.63, 3.8) is 0 Å². The number of rotatable bonds is 10. The van der Waals surface area contributed by atoms with Crippen LogP contribution in [0.15, 0.2) is 53.7 Å². The van der Waals surface area contributed by atoms with Gasteiger partial charge in [-0.05, 0) is 61.2 Å². The Kier molecular flexibility index (Phi) is 8.50. The molecule has 1 amide bonds. The topological polar surface area (TPSA) is 92.8 Å². The van der Waals surface area contributed by atoms with Crippen molar-refractivity contribution in [2.45, 2.75) is 57.7 Å². The molecular formula is C25H29N5O2S. The molecule has 1 aromatic heterocycles. The number of hydrogen-bond donors (Lipinski definition) is 1. The van der Waals surface area contributed by atoms with Crippen LogP contribution in [0.25, 0.3) is 0 Å². The largest absolute Gasteiger partial charge is 0.486 e. The summed E-state index contributed by atoms with van der Waals surface area (Å²) in [6, 6.07) is 16.9. The number of amides is 1. The molecule has 7 nitrogen and oxygen atoms in total. The van der Waals surface area contributed by atoms with Crippen molar-refractivity contribution in [2.75, 3.05) is 5.32 Å². The molecule has 0 saturated heterocycles. The lowest BCUT2D eigenvalue weighted by atomic mass is 10.2. The second-order valence-electron chi connectivity index (χ2n) is 8.13. The van der Waals surface area contributed by atoms with Gasteiger partial charge in [0.2, 0.25) is 5.91 Å². The zero-order chi connectivity index (χ0) is 23.8. The number of nitrogens with one attached hydrogen (secondary N) is 1. The summed E-state index contributed by atoms with van der Waals surface area (Å²) in [5.74, 6) is 1.75. The maximum atomic E-state index is 12.7. The van der Waals surface area contributed by atoms with Crippen molar-refractivity contribution in [1.29, 1.82) is 5.26 Å². The van der Waals surface area contributed by atoms with Crippen LogP contribution in [0.1, 0.15) is 44.6 Å². The SMILES string of the molecule is CCc1ccc(OCc2nnc(SC(C)C(=O)Nc3ccc(C#N)cc3)n2CC(C)C)cc1. The molecule has 1 atom stereocenters. The fraction of sp³-hybridized carbons (Fsp3) is 0.360. The lowest BCUT2D eigenvalue weighted by molar-refractivity contribution is -0.115. The molecule has 0 fully saturated rings. The second-order valence-corrected chi connectivity index (χ2v) is 9.44. The zero-order valence-electron chi connectivity index (χ0n) is 19.4. The molecule has 33 heavy (non-hydrogen) atoms. The molecule has 1 heterocycles. The summed E-state index contributed by atoms with van der Waals surface area (Å²) < 4.78 is 7.97. The number of aryl methyl sites for hydroxylation is 1. The average Bonchev–Trinajstić information content (AvgIpc) is 3.18. The van der Waals surface area contributed by atoms with Crippen LogP contribution >= 0.6 is 11.8 Å². The Hall–Kier alpha value is -3.31. The molecule has 8 heteroatoms. The van der Waals surface area contributed by atoms with Crippen molar-refractivity contribution in [1.82, 2.24) is 14.8 Å². The van der Waals surface area contributed by atoms with E-state index in [2.05, 4.69) is 54.5 Å². The second kappa shape index (κ2) is 11.5. The van der Waals surface area contributed by atoms with Crippen LogP contribution in [0.4, 0.5) is 5.69 Å². The van der Waals surface area contributed by atoms with Gasteiger partial charge in [-0.2, -0.15) is 5.26 Å². The lowest BCUT2D eigenvalue weighted by Gasteiger charge is -2.15. The summed E-state index contributed by atoms with van der Waals surface area (Å²) in [5.41, 5.74) is 2.46. The van der Waals surface area contributed by atoms with Crippen LogP contribution < -0.4 is 10.1 Å². The van der Waals surface area contributed by atoms with Crippen LogP contribution in [0.3, 0.4) is 0 Å². The maximum absolute atomic E-state index is 12.7. The summed E-state index contributed by atoms with van der Waals surface area (Å²) in [4.78, 5) is 12.7. The molecule has 3 rings (SSSR count). The predicted octanol–water partition coefficient (Wildman–Crippen LogP) is 5.07. The van der Waals surface area contributed by atoms with Gasteiger partial charge < -0.3 is 14.6 Å². The van der Waals surface area contributed by atoms with E-state index >= 15 is 0 Å². The quantitative estimate of drug-likeness (QED) is 0.422. The third-order valence-corrected chi connectivity index (χ3v) is 6.05. The molecule has 3 aromatic rings.